The third-order valence-electron chi connectivity index (χ3n) is 5.05. The van der Waals surface area contributed by atoms with Gasteiger partial charge in [-0.1, -0.05) is 41.6 Å². The summed E-state index contributed by atoms with van der Waals surface area (Å²) in [6.07, 6.45) is -0.722. The standard InChI is InChI=1S/C18H21BrN4O2.C7H6F3N/c1-5-16-14(10-21-23(16)3)18(25-4)22-11(2)12-6-7-13(9-17(20)24)15(19)8-12;1-5-2-3-6(4-11-5)7(8,9)10/h6-8,10H,2,5,9H2,1,3-4H3,(H2,20,24);2-4H,1H3. The molecule has 3 aromatic rings. The SMILES string of the molecule is C=C(N=C(OC)c1cnn(C)c1CC)c1ccc(CC(N)=O)c(Br)c1.Cc1ccc(C(F)(F)F)cn1. The highest BCUT2D eigenvalue weighted by Gasteiger charge is 2.30. The van der Waals surface area contributed by atoms with Crippen molar-refractivity contribution < 1.29 is 22.7 Å². The summed E-state index contributed by atoms with van der Waals surface area (Å²) in [7, 11) is 3.46. The van der Waals surface area contributed by atoms with Gasteiger partial charge in [-0.2, -0.15) is 18.3 Å². The van der Waals surface area contributed by atoms with Crippen LogP contribution in [0.3, 0.4) is 0 Å². The number of rotatable bonds is 6. The normalized spacial score (nSPS) is 11.5. The Morgan fingerprint density at radius 2 is 1.94 bits per heavy atom. The number of methoxy groups -OCH3 is 1. The molecule has 0 aliphatic heterocycles. The van der Waals surface area contributed by atoms with Crippen LogP contribution in [0.15, 0.2) is 58.8 Å². The van der Waals surface area contributed by atoms with Gasteiger partial charge in [0.05, 0.1) is 42.2 Å². The number of alkyl halides is 3. The van der Waals surface area contributed by atoms with Gasteiger partial charge in [0.25, 0.3) is 0 Å². The van der Waals surface area contributed by atoms with E-state index < -0.39 is 11.7 Å². The minimum atomic E-state index is -4.28. The van der Waals surface area contributed by atoms with Crippen molar-refractivity contribution in [1.29, 1.82) is 0 Å². The van der Waals surface area contributed by atoms with E-state index in [9.17, 15) is 18.0 Å². The number of aliphatic imine (C=N–C) groups is 1. The number of aromatic nitrogens is 3. The van der Waals surface area contributed by atoms with Crippen LogP contribution in [0.5, 0.6) is 0 Å². The number of ether oxygens (including phenoxy) is 1. The fraction of sp³-hybridized carbons (Fsp3) is 0.280. The van der Waals surface area contributed by atoms with Crippen LogP contribution >= 0.6 is 15.9 Å². The Morgan fingerprint density at radius 3 is 2.44 bits per heavy atom. The lowest BCUT2D eigenvalue weighted by atomic mass is 10.1. The van der Waals surface area contributed by atoms with Crippen LogP contribution in [0.2, 0.25) is 0 Å². The molecule has 0 unspecified atom stereocenters. The Bertz CT molecular complexity index is 1250. The van der Waals surface area contributed by atoms with Crippen molar-refractivity contribution in [2.45, 2.75) is 32.9 Å². The molecule has 0 fully saturated rings. The van der Waals surface area contributed by atoms with Gasteiger partial charge in [-0.15, -0.1) is 0 Å². The minimum absolute atomic E-state index is 0.176. The van der Waals surface area contributed by atoms with Crippen molar-refractivity contribution in [3.8, 4) is 0 Å². The number of primary amides is 1. The number of carbonyl (C=O) groups is 1. The second-order valence-corrected chi connectivity index (χ2v) is 8.54. The van der Waals surface area contributed by atoms with Gasteiger partial charge in [0, 0.05) is 29.0 Å². The summed E-state index contributed by atoms with van der Waals surface area (Å²) in [5.41, 5.74) is 9.19. The molecule has 2 heterocycles. The summed E-state index contributed by atoms with van der Waals surface area (Å²) in [4.78, 5) is 19.1. The zero-order chi connectivity index (χ0) is 27.0. The first-order chi connectivity index (χ1) is 16.9. The number of nitrogens with two attached hydrogens (primary N) is 1. The highest BCUT2D eigenvalue weighted by molar-refractivity contribution is 9.10. The third-order valence-corrected chi connectivity index (χ3v) is 5.78. The van der Waals surface area contributed by atoms with Gasteiger partial charge >= 0.3 is 6.18 Å². The van der Waals surface area contributed by atoms with Crippen molar-refractivity contribution in [2.24, 2.45) is 17.8 Å². The van der Waals surface area contributed by atoms with Crippen LogP contribution in [-0.2, 0) is 35.6 Å². The number of benzene rings is 1. The lowest BCUT2D eigenvalue weighted by molar-refractivity contribution is -0.137. The second-order valence-electron chi connectivity index (χ2n) is 7.69. The maximum absolute atomic E-state index is 11.9. The average molecular weight is 566 g/mol. The highest BCUT2D eigenvalue weighted by atomic mass is 79.9. The fourth-order valence-electron chi connectivity index (χ4n) is 3.16. The molecule has 0 saturated carbocycles. The summed E-state index contributed by atoms with van der Waals surface area (Å²) >= 11 is 3.46. The van der Waals surface area contributed by atoms with Gasteiger partial charge < -0.3 is 10.5 Å². The van der Waals surface area contributed by atoms with Crippen LogP contribution in [0.4, 0.5) is 13.2 Å². The number of pyridine rings is 1. The molecule has 3 rings (SSSR count). The number of nitrogens with zero attached hydrogens (tertiary/aromatic N) is 4. The van der Waals surface area contributed by atoms with Crippen LogP contribution in [0, 0.1) is 6.92 Å². The quantitative estimate of drug-likeness (QED) is 0.326. The number of aryl methyl sites for hydroxylation is 2. The summed E-state index contributed by atoms with van der Waals surface area (Å²) in [6.45, 7) is 7.72. The Hall–Kier alpha value is -3.47. The maximum Gasteiger partial charge on any atom is 0.417 e. The summed E-state index contributed by atoms with van der Waals surface area (Å²) in [6, 6.07) is 7.90. The summed E-state index contributed by atoms with van der Waals surface area (Å²) < 4.78 is 43.7. The van der Waals surface area contributed by atoms with Crippen molar-refractivity contribution in [3.63, 3.8) is 0 Å². The van der Waals surface area contributed by atoms with Crippen LogP contribution in [0.25, 0.3) is 5.70 Å². The third kappa shape index (κ3) is 7.77. The van der Waals surface area contributed by atoms with Crippen molar-refractivity contribution in [3.05, 3.63) is 87.4 Å². The lowest BCUT2D eigenvalue weighted by Gasteiger charge is -2.09. The lowest BCUT2D eigenvalue weighted by Crippen LogP contribution is -2.14. The molecule has 1 amide bonds. The molecule has 0 bridgehead atoms. The van der Waals surface area contributed by atoms with E-state index in [0.29, 0.717) is 17.3 Å². The van der Waals surface area contributed by atoms with Gasteiger partial charge in [-0.05, 0) is 37.1 Å². The molecular formula is C25H27BrF3N5O2. The summed E-state index contributed by atoms with van der Waals surface area (Å²) in [5, 5.41) is 4.26. The number of amides is 1. The van der Waals surface area contributed by atoms with Crippen molar-refractivity contribution in [1.82, 2.24) is 14.8 Å². The van der Waals surface area contributed by atoms with E-state index in [1.807, 2.05) is 29.9 Å². The van der Waals surface area contributed by atoms with Gasteiger partial charge in [0.15, 0.2) is 0 Å². The molecule has 11 heteroatoms. The molecule has 7 nitrogen and oxygen atoms in total. The minimum Gasteiger partial charge on any atom is -0.480 e. The second kappa shape index (κ2) is 12.5. The van der Waals surface area contributed by atoms with E-state index in [2.05, 4.69) is 44.5 Å². The van der Waals surface area contributed by atoms with Gasteiger partial charge in [0.2, 0.25) is 11.8 Å². The fourth-order valence-corrected chi connectivity index (χ4v) is 3.68. The first-order valence-electron chi connectivity index (χ1n) is 10.8. The monoisotopic (exact) mass is 565 g/mol. The topological polar surface area (TPSA) is 95.4 Å². The predicted octanol–water partition coefficient (Wildman–Crippen LogP) is 5.25. The van der Waals surface area contributed by atoms with Gasteiger partial charge in [-0.25, -0.2) is 4.99 Å². The molecule has 0 saturated heterocycles. The molecule has 0 aliphatic rings. The Morgan fingerprint density at radius 1 is 1.25 bits per heavy atom. The number of carbonyl (C=O) groups excluding carboxylic acids is 1. The number of hydrogen-bond acceptors (Lipinski definition) is 5. The van der Waals surface area contributed by atoms with Crippen LogP contribution < -0.4 is 5.73 Å². The molecule has 36 heavy (non-hydrogen) atoms. The van der Waals surface area contributed by atoms with E-state index in [-0.39, 0.29) is 12.3 Å². The first-order valence-corrected chi connectivity index (χ1v) is 11.6. The molecule has 2 N–H and O–H groups in total. The van der Waals surface area contributed by atoms with Gasteiger partial charge in [-0.3, -0.25) is 14.5 Å². The zero-order valence-electron chi connectivity index (χ0n) is 20.4. The van der Waals surface area contributed by atoms with Crippen molar-refractivity contribution >= 4 is 33.4 Å². The number of hydrogen-bond donors (Lipinski definition) is 1. The first kappa shape index (κ1) is 28.8. The van der Waals surface area contributed by atoms with E-state index >= 15 is 0 Å². The van der Waals surface area contributed by atoms with Crippen LogP contribution in [0.1, 0.15) is 40.6 Å². The molecule has 192 valence electrons. The van der Waals surface area contributed by atoms with E-state index in [0.717, 1.165) is 45.5 Å². The Kier molecular flexibility index (Phi) is 9.97. The largest absolute Gasteiger partial charge is 0.480 e. The Labute approximate surface area is 216 Å². The van der Waals surface area contributed by atoms with E-state index in [1.54, 1.807) is 20.2 Å². The maximum atomic E-state index is 11.9. The molecule has 0 radical (unpaired) electrons. The van der Waals surface area contributed by atoms with Gasteiger partial charge in [0.1, 0.15) is 0 Å². The molecule has 0 spiro atoms. The molecule has 1 aromatic carbocycles. The highest BCUT2D eigenvalue weighted by Crippen LogP contribution is 2.28. The number of halogens is 4. The molecule has 0 atom stereocenters. The Balaban J connectivity index is 0.000000346. The molecule has 2 aromatic heterocycles. The summed E-state index contributed by atoms with van der Waals surface area (Å²) in [5.74, 6) is 0.0860. The zero-order valence-corrected chi connectivity index (χ0v) is 21.9. The van der Waals surface area contributed by atoms with Crippen molar-refractivity contribution in [2.75, 3.05) is 7.11 Å². The molecule has 0 aliphatic carbocycles. The van der Waals surface area contributed by atoms with E-state index in [4.69, 9.17) is 10.5 Å². The average Bonchev–Trinajstić information content (AvgIpc) is 3.18. The molecular weight excluding hydrogens is 539 g/mol. The van der Waals surface area contributed by atoms with Crippen LogP contribution in [-0.4, -0.2) is 33.7 Å². The van der Waals surface area contributed by atoms with E-state index in [1.165, 1.54) is 6.07 Å². The smallest absolute Gasteiger partial charge is 0.417 e. The predicted molar refractivity (Wildman–Crippen MR) is 136 cm³/mol.